The van der Waals surface area contributed by atoms with Crippen LogP contribution in [0.1, 0.15) is 37.5 Å². The molecule has 3 rings (SSSR count). The van der Waals surface area contributed by atoms with Crippen molar-refractivity contribution < 1.29 is 18.0 Å². The third-order valence-electron chi connectivity index (χ3n) is 6.65. The number of carbonyl (C=O) groups excluding carboxylic acids is 2. The molecule has 0 saturated carbocycles. The van der Waals surface area contributed by atoms with Gasteiger partial charge in [0.15, 0.2) is 0 Å². The van der Waals surface area contributed by atoms with Crippen LogP contribution < -0.4 is 9.62 Å². The van der Waals surface area contributed by atoms with Crippen molar-refractivity contribution in [1.82, 2.24) is 10.2 Å². The topological polar surface area (TPSA) is 86.8 Å². The maximum Gasteiger partial charge on any atom is 0.264 e. The van der Waals surface area contributed by atoms with Gasteiger partial charge in [-0.15, -0.1) is 0 Å². The standard InChI is InChI=1S/C30H34Cl3N3O4S/c1-19(2)16-34-30(38)22(5)35(17-23-7-13-27(32)28(33)15-23)29(37)18-36(25-10-6-20(3)21(4)14-25)41(39,40)26-11-8-24(31)9-12-26/h6-15,19,22H,16-18H2,1-5H3,(H,34,38)/t22-/m1/s1. The molecule has 2 amide bonds. The molecule has 3 aromatic carbocycles. The van der Waals surface area contributed by atoms with Crippen molar-refractivity contribution in [3.8, 4) is 0 Å². The zero-order valence-corrected chi connectivity index (χ0v) is 26.7. The summed E-state index contributed by atoms with van der Waals surface area (Å²) in [5, 5.41) is 3.89. The summed E-state index contributed by atoms with van der Waals surface area (Å²) in [5.74, 6) is -0.723. The molecule has 7 nitrogen and oxygen atoms in total. The van der Waals surface area contributed by atoms with Crippen molar-refractivity contribution in [2.24, 2.45) is 5.92 Å². The highest BCUT2D eigenvalue weighted by atomic mass is 35.5. The van der Waals surface area contributed by atoms with E-state index in [2.05, 4.69) is 5.32 Å². The molecule has 11 heteroatoms. The fourth-order valence-corrected chi connectivity index (χ4v) is 5.87. The molecule has 1 N–H and O–H groups in total. The smallest absolute Gasteiger partial charge is 0.264 e. The fourth-order valence-electron chi connectivity index (χ4n) is 4.01. The maximum atomic E-state index is 14.0. The highest BCUT2D eigenvalue weighted by Crippen LogP contribution is 2.28. The second kappa shape index (κ2) is 13.9. The number of hydrogen-bond donors (Lipinski definition) is 1. The SMILES string of the molecule is Cc1ccc(N(CC(=O)N(Cc2ccc(Cl)c(Cl)c2)[C@H](C)C(=O)NCC(C)C)S(=O)(=O)c2ccc(Cl)cc2)cc1C. The molecule has 3 aromatic rings. The van der Waals surface area contributed by atoms with Gasteiger partial charge in [-0.2, -0.15) is 0 Å². The van der Waals surface area contributed by atoms with Gasteiger partial charge in [-0.05, 0) is 91.9 Å². The number of nitrogens with zero attached hydrogens (tertiary/aromatic N) is 2. The molecular weight excluding hydrogens is 605 g/mol. The first-order valence-corrected chi connectivity index (χ1v) is 15.6. The normalized spacial score (nSPS) is 12.2. The zero-order chi connectivity index (χ0) is 30.5. The molecule has 41 heavy (non-hydrogen) atoms. The van der Waals surface area contributed by atoms with Crippen LogP contribution in [0, 0.1) is 19.8 Å². The average Bonchev–Trinajstić information content (AvgIpc) is 2.92. The fraction of sp³-hybridized carbons (Fsp3) is 0.333. The minimum Gasteiger partial charge on any atom is -0.354 e. The second-order valence-corrected chi connectivity index (χ2v) is 13.4. The molecule has 1 atom stereocenters. The lowest BCUT2D eigenvalue weighted by Crippen LogP contribution is -2.51. The van der Waals surface area contributed by atoms with Crippen molar-refractivity contribution >= 4 is 62.3 Å². The largest absolute Gasteiger partial charge is 0.354 e. The molecule has 0 aromatic heterocycles. The number of amides is 2. The molecule has 0 saturated heterocycles. The lowest BCUT2D eigenvalue weighted by Gasteiger charge is -2.32. The van der Waals surface area contributed by atoms with E-state index < -0.39 is 28.5 Å². The summed E-state index contributed by atoms with van der Waals surface area (Å²) in [5.41, 5.74) is 2.79. The molecule has 0 fully saturated rings. The van der Waals surface area contributed by atoms with Crippen molar-refractivity contribution in [3.05, 3.63) is 92.4 Å². The third-order valence-corrected chi connectivity index (χ3v) is 9.43. The number of aryl methyl sites for hydroxylation is 2. The summed E-state index contributed by atoms with van der Waals surface area (Å²) in [6.45, 7) is 9.21. The summed E-state index contributed by atoms with van der Waals surface area (Å²) in [6.07, 6.45) is 0. The zero-order valence-electron chi connectivity index (χ0n) is 23.6. The number of benzene rings is 3. The molecule has 0 spiro atoms. The Balaban J connectivity index is 2.05. The van der Waals surface area contributed by atoms with E-state index >= 15 is 0 Å². The summed E-state index contributed by atoms with van der Waals surface area (Å²) in [4.78, 5) is 28.4. The van der Waals surface area contributed by atoms with Crippen LogP contribution in [0.3, 0.4) is 0 Å². The molecule has 0 aliphatic carbocycles. The minimum absolute atomic E-state index is 0.00768. The Hall–Kier alpha value is -2.78. The Morgan fingerprint density at radius 2 is 1.51 bits per heavy atom. The van der Waals surface area contributed by atoms with Crippen molar-refractivity contribution in [2.45, 2.75) is 52.1 Å². The summed E-state index contributed by atoms with van der Waals surface area (Å²) < 4.78 is 28.9. The van der Waals surface area contributed by atoms with Gasteiger partial charge in [0.1, 0.15) is 12.6 Å². The van der Waals surface area contributed by atoms with E-state index in [-0.39, 0.29) is 23.3 Å². The van der Waals surface area contributed by atoms with Gasteiger partial charge >= 0.3 is 0 Å². The van der Waals surface area contributed by atoms with Gasteiger partial charge in [-0.1, -0.05) is 60.8 Å². The Morgan fingerprint density at radius 1 is 0.854 bits per heavy atom. The summed E-state index contributed by atoms with van der Waals surface area (Å²) in [7, 11) is -4.19. The number of carbonyl (C=O) groups is 2. The van der Waals surface area contributed by atoms with Crippen LogP contribution in [0.15, 0.2) is 65.6 Å². The highest BCUT2D eigenvalue weighted by molar-refractivity contribution is 7.92. The van der Waals surface area contributed by atoms with E-state index in [0.29, 0.717) is 32.9 Å². The number of anilines is 1. The number of nitrogens with one attached hydrogen (secondary N) is 1. The van der Waals surface area contributed by atoms with Crippen LogP contribution in [0.2, 0.25) is 15.1 Å². The molecular formula is C30H34Cl3N3O4S. The third kappa shape index (κ3) is 8.38. The van der Waals surface area contributed by atoms with Gasteiger partial charge in [-0.25, -0.2) is 8.42 Å². The van der Waals surface area contributed by atoms with Crippen molar-refractivity contribution in [1.29, 1.82) is 0 Å². The first kappa shape index (κ1) is 32.7. The van der Waals surface area contributed by atoms with Gasteiger partial charge in [-0.3, -0.25) is 13.9 Å². The van der Waals surface area contributed by atoms with Crippen molar-refractivity contribution in [2.75, 3.05) is 17.4 Å². The summed E-state index contributed by atoms with van der Waals surface area (Å²) >= 11 is 18.3. The van der Waals surface area contributed by atoms with Crippen LogP contribution in [0.25, 0.3) is 0 Å². The van der Waals surface area contributed by atoms with E-state index in [1.165, 1.54) is 29.2 Å². The molecule has 0 radical (unpaired) electrons. The van der Waals surface area contributed by atoms with Crippen LogP contribution in [-0.4, -0.2) is 44.3 Å². The predicted molar refractivity (Wildman–Crippen MR) is 166 cm³/mol. The van der Waals surface area contributed by atoms with Crippen LogP contribution in [0.5, 0.6) is 0 Å². The van der Waals surface area contributed by atoms with Crippen LogP contribution >= 0.6 is 34.8 Å². The molecule has 220 valence electrons. The number of rotatable bonds is 11. The molecule has 0 bridgehead atoms. The molecule has 0 aliphatic heterocycles. The number of hydrogen-bond acceptors (Lipinski definition) is 4. The van der Waals surface area contributed by atoms with E-state index in [9.17, 15) is 18.0 Å². The second-order valence-electron chi connectivity index (χ2n) is 10.3. The van der Waals surface area contributed by atoms with Crippen LogP contribution in [-0.2, 0) is 26.2 Å². The van der Waals surface area contributed by atoms with Gasteiger partial charge in [0.25, 0.3) is 10.0 Å². The van der Waals surface area contributed by atoms with E-state index in [1.807, 2.05) is 27.7 Å². The average molecular weight is 639 g/mol. The minimum atomic E-state index is -4.19. The molecule has 0 heterocycles. The van der Waals surface area contributed by atoms with Gasteiger partial charge in [0.2, 0.25) is 11.8 Å². The first-order chi connectivity index (χ1) is 19.2. The monoisotopic (exact) mass is 637 g/mol. The Morgan fingerprint density at radius 3 is 2.10 bits per heavy atom. The first-order valence-electron chi connectivity index (χ1n) is 13.1. The van der Waals surface area contributed by atoms with Gasteiger partial charge in [0.05, 0.1) is 20.6 Å². The lowest BCUT2D eigenvalue weighted by atomic mass is 10.1. The lowest BCUT2D eigenvalue weighted by molar-refractivity contribution is -0.139. The van der Waals surface area contributed by atoms with Gasteiger partial charge in [0, 0.05) is 18.1 Å². The number of halogens is 3. The highest BCUT2D eigenvalue weighted by Gasteiger charge is 2.32. The van der Waals surface area contributed by atoms with Gasteiger partial charge < -0.3 is 10.2 Å². The van der Waals surface area contributed by atoms with E-state index in [0.717, 1.165) is 15.4 Å². The Labute approximate surface area is 257 Å². The Kier molecular flexibility index (Phi) is 11.1. The quantitative estimate of drug-likeness (QED) is 0.255. The Bertz CT molecular complexity index is 1510. The van der Waals surface area contributed by atoms with E-state index in [4.69, 9.17) is 34.8 Å². The number of sulfonamides is 1. The van der Waals surface area contributed by atoms with Crippen LogP contribution in [0.4, 0.5) is 5.69 Å². The summed E-state index contributed by atoms with van der Waals surface area (Å²) in [6, 6.07) is 15.0. The predicted octanol–water partition coefficient (Wildman–Crippen LogP) is 6.65. The molecule has 0 aliphatic rings. The van der Waals surface area contributed by atoms with Crippen molar-refractivity contribution in [3.63, 3.8) is 0 Å². The maximum absolute atomic E-state index is 14.0. The molecule has 0 unspecified atom stereocenters. The van der Waals surface area contributed by atoms with E-state index in [1.54, 1.807) is 43.3 Å².